The molecule has 2 atom stereocenters. The van der Waals surface area contributed by atoms with Crippen LogP contribution < -0.4 is 4.90 Å². The van der Waals surface area contributed by atoms with Gasteiger partial charge in [-0.1, -0.05) is 42.8 Å². The minimum Gasteiger partial charge on any atom is -0.314 e. The molecule has 2 saturated heterocycles. The summed E-state index contributed by atoms with van der Waals surface area (Å²) in [7, 11) is -3.18. The van der Waals surface area contributed by atoms with Gasteiger partial charge in [0.2, 0.25) is 0 Å². The number of benzene rings is 2. The van der Waals surface area contributed by atoms with E-state index in [9.17, 15) is 13.2 Å². The molecule has 142 valence electrons. The van der Waals surface area contributed by atoms with E-state index in [1.54, 1.807) is 15.9 Å². The number of fused-ring (bicyclic) bond motifs is 1. The van der Waals surface area contributed by atoms with Gasteiger partial charge in [0.15, 0.2) is 9.84 Å². The summed E-state index contributed by atoms with van der Waals surface area (Å²) < 4.78 is 24.6. The Kier molecular flexibility index (Phi) is 4.64. The molecule has 2 aromatic rings. The number of carbonyl (C=O) groups excluding carboxylic acids is 1. The molecule has 0 spiro atoms. The number of anilines is 1. The highest BCUT2D eigenvalue weighted by atomic mass is 35.5. The van der Waals surface area contributed by atoms with Gasteiger partial charge in [-0.05, 0) is 41.8 Å². The summed E-state index contributed by atoms with van der Waals surface area (Å²) in [6.07, 6.45) is 0.912. The van der Waals surface area contributed by atoms with Crippen LogP contribution in [0.4, 0.5) is 10.5 Å². The number of halogens is 1. The van der Waals surface area contributed by atoms with E-state index >= 15 is 0 Å². The molecule has 0 N–H and O–H groups in total. The highest BCUT2D eigenvalue weighted by molar-refractivity contribution is 7.91. The van der Waals surface area contributed by atoms with Gasteiger partial charge in [0.05, 0.1) is 23.6 Å². The van der Waals surface area contributed by atoms with E-state index in [1.807, 2.05) is 42.5 Å². The topological polar surface area (TPSA) is 57.7 Å². The van der Waals surface area contributed by atoms with Gasteiger partial charge in [-0.15, -0.1) is 0 Å². The van der Waals surface area contributed by atoms with Crippen molar-refractivity contribution in [1.29, 1.82) is 0 Å². The number of sulfone groups is 1. The molecule has 0 aliphatic carbocycles. The molecule has 2 aliphatic heterocycles. The van der Waals surface area contributed by atoms with Crippen molar-refractivity contribution in [2.24, 2.45) is 0 Å². The fraction of sp³-hybridized carbons (Fsp3) is 0.350. The minimum absolute atomic E-state index is 0.00494. The van der Waals surface area contributed by atoms with Crippen LogP contribution in [-0.4, -0.2) is 42.9 Å². The lowest BCUT2D eigenvalue weighted by molar-refractivity contribution is 0.206. The van der Waals surface area contributed by atoms with E-state index in [2.05, 4.69) is 6.92 Å². The summed E-state index contributed by atoms with van der Waals surface area (Å²) in [6, 6.07) is 14.3. The van der Waals surface area contributed by atoms with Crippen molar-refractivity contribution in [2.75, 3.05) is 16.4 Å². The van der Waals surface area contributed by atoms with Gasteiger partial charge < -0.3 is 4.90 Å². The van der Waals surface area contributed by atoms with Crippen molar-refractivity contribution in [2.45, 2.75) is 32.0 Å². The molecule has 0 radical (unpaired) electrons. The molecule has 0 unspecified atom stereocenters. The smallest absolute Gasteiger partial charge is 0.314 e. The zero-order valence-corrected chi connectivity index (χ0v) is 16.6. The van der Waals surface area contributed by atoms with Gasteiger partial charge >= 0.3 is 6.03 Å². The number of amides is 2. The van der Waals surface area contributed by atoms with E-state index in [1.165, 1.54) is 5.56 Å². The summed E-state index contributed by atoms with van der Waals surface area (Å²) in [5.74, 6) is 0.0124. The van der Waals surface area contributed by atoms with Crippen LogP contribution in [0.5, 0.6) is 0 Å². The number of rotatable bonds is 4. The molecular formula is C20H21ClN2O3S. The summed E-state index contributed by atoms with van der Waals surface area (Å²) in [5, 5.41) is 0.599. The number of hydrogen-bond acceptors (Lipinski definition) is 3. The maximum atomic E-state index is 13.2. The third-order valence-corrected chi connectivity index (χ3v) is 7.28. The van der Waals surface area contributed by atoms with Crippen LogP contribution in [0.15, 0.2) is 48.5 Å². The number of carbonyl (C=O) groups is 1. The molecule has 7 heteroatoms. The van der Waals surface area contributed by atoms with Crippen LogP contribution in [0, 0.1) is 0 Å². The molecule has 4 rings (SSSR count). The van der Waals surface area contributed by atoms with Crippen LogP contribution in [0.1, 0.15) is 18.1 Å². The first-order chi connectivity index (χ1) is 12.9. The van der Waals surface area contributed by atoms with Gasteiger partial charge in [-0.2, -0.15) is 0 Å². The summed E-state index contributed by atoms with van der Waals surface area (Å²) in [5.41, 5.74) is 2.82. The van der Waals surface area contributed by atoms with Gasteiger partial charge in [-0.25, -0.2) is 13.2 Å². The Morgan fingerprint density at radius 3 is 2.41 bits per heavy atom. The number of urea groups is 1. The Hall–Kier alpha value is -2.05. The fourth-order valence-corrected chi connectivity index (χ4v) is 6.15. The monoisotopic (exact) mass is 404 g/mol. The second-order valence-electron chi connectivity index (χ2n) is 7.14. The van der Waals surface area contributed by atoms with Crippen molar-refractivity contribution in [3.63, 3.8) is 0 Å². The molecule has 2 aliphatic rings. The molecule has 0 aromatic heterocycles. The molecule has 2 amide bonds. The predicted molar refractivity (Wildman–Crippen MR) is 107 cm³/mol. The highest BCUT2D eigenvalue weighted by Crippen LogP contribution is 2.36. The Balaban J connectivity index is 1.69. The Labute approximate surface area is 164 Å². The zero-order chi connectivity index (χ0) is 19.2. The number of hydrogen-bond donors (Lipinski definition) is 0. The van der Waals surface area contributed by atoms with Crippen LogP contribution in [0.25, 0.3) is 0 Å². The lowest BCUT2D eigenvalue weighted by Crippen LogP contribution is -2.37. The first-order valence-electron chi connectivity index (χ1n) is 9.01. The highest BCUT2D eigenvalue weighted by Gasteiger charge is 2.53. The summed E-state index contributed by atoms with van der Waals surface area (Å²) in [4.78, 5) is 16.5. The molecule has 0 bridgehead atoms. The molecule has 5 nitrogen and oxygen atoms in total. The normalized spacial score (nSPS) is 23.7. The first-order valence-corrected chi connectivity index (χ1v) is 11.2. The molecule has 27 heavy (non-hydrogen) atoms. The van der Waals surface area contributed by atoms with E-state index in [0.29, 0.717) is 11.6 Å². The molecule has 2 fully saturated rings. The zero-order valence-electron chi connectivity index (χ0n) is 15.0. The Bertz CT molecular complexity index is 975. The summed E-state index contributed by atoms with van der Waals surface area (Å²) in [6.45, 7) is 2.42. The van der Waals surface area contributed by atoms with Crippen LogP contribution in [-0.2, 0) is 22.8 Å². The summed E-state index contributed by atoms with van der Waals surface area (Å²) >= 11 is 6.07. The maximum absolute atomic E-state index is 13.2. The lowest BCUT2D eigenvalue weighted by atomic mass is 10.1. The molecular weight excluding hydrogens is 384 g/mol. The minimum atomic E-state index is -3.18. The van der Waals surface area contributed by atoms with E-state index in [4.69, 9.17) is 11.6 Å². The van der Waals surface area contributed by atoms with Gasteiger partial charge in [0.1, 0.15) is 0 Å². The third kappa shape index (κ3) is 3.44. The number of aryl methyl sites for hydroxylation is 1. The second kappa shape index (κ2) is 6.84. The van der Waals surface area contributed by atoms with Crippen molar-refractivity contribution >= 4 is 33.2 Å². The molecule has 2 aromatic carbocycles. The van der Waals surface area contributed by atoms with E-state index < -0.39 is 9.84 Å². The van der Waals surface area contributed by atoms with Crippen LogP contribution in [0.2, 0.25) is 5.02 Å². The van der Waals surface area contributed by atoms with Crippen LogP contribution >= 0.6 is 11.6 Å². The van der Waals surface area contributed by atoms with Gasteiger partial charge in [-0.3, -0.25) is 4.90 Å². The third-order valence-electron chi connectivity index (χ3n) is 5.34. The average Bonchev–Trinajstić information content (AvgIpc) is 3.06. The SMILES string of the molecule is CCc1ccc(N2C(=O)N(Cc3cccc(Cl)c3)[C@H]3CS(=O)(=O)C[C@H]32)cc1. The average molecular weight is 405 g/mol. The van der Waals surface area contributed by atoms with Gasteiger partial charge in [0.25, 0.3) is 0 Å². The predicted octanol–water partition coefficient (Wildman–Crippen LogP) is 3.51. The fourth-order valence-electron chi connectivity index (χ4n) is 3.99. The van der Waals surface area contributed by atoms with E-state index in [0.717, 1.165) is 17.7 Å². The standard InChI is InChI=1S/C20H21ClN2O3S/c1-2-14-6-8-17(9-7-14)23-19-13-27(25,26)12-18(19)22(20(23)24)11-15-4-3-5-16(21)10-15/h3-10,18-19H,2,11-13H2,1H3/t18-,19+/m0/s1. The molecule has 2 heterocycles. The quantitative estimate of drug-likeness (QED) is 0.732. The largest absolute Gasteiger partial charge is 0.325 e. The van der Waals surface area contributed by atoms with Crippen LogP contribution in [0.3, 0.4) is 0 Å². The van der Waals surface area contributed by atoms with Crippen molar-refractivity contribution in [1.82, 2.24) is 4.90 Å². The first kappa shape index (κ1) is 18.3. The molecule has 0 saturated carbocycles. The van der Waals surface area contributed by atoms with Gasteiger partial charge in [0, 0.05) is 17.3 Å². The van der Waals surface area contributed by atoms with E-state index in [-0.39, 0.29) is 29.6 Å². The second-order valence-corrected chi connectivity index (χ2v) is 9.73. The maximum Gasteiger partial charge on any atom is 0.325 e. The van der Waals surface area contributed by atoms with Crippen molar-refractivity contribution in [3.05, 3.63) is 64.7 Å². The van der Waals surface area contributed by atoms with Crippen molar-refractivity contribution < 1.29 is 13.2 Å². The lowest BCUT2D eigenvalue weighted by Gasteiger charge is -2.23. The van der Waals surface area contributed by atoms with Crippen molar-refractivity contribution in [3.8, 4) is 0 Å². The number of nitrogens with zero attached hydrogens (tertiary/aromatic N) is 2. The Morgan fingerprint density at radius 2 is 1.74 bits per heavy atom. The Morgan fingerprint density at radius 1 is 1.04 bits per heavy atom.